The lowest BCUT2D eigenvalue weighted by Crippen LogP contribution is -2.53. The first-order valence-electron chi connectivity index (χ1n) is 8.73. The third kappa shape index (κ3) is 3.49. The van der Waals surface area contributed by atoms with Crippen molar-refractivity contribution in [1.29, 1.82) is 0 Å². The van der Waals surface area contributed by atoms with Crippen LogP contribution in [0.25, 0.3) is 0 Å². The molecular weight excluding hydrogens is 256 g/mol. The highest BCUT2D eigenvalue weighted by molar-refractivity contribution is 5.29. The molecule has 21 heavy (non-hydrogen) atoms. The number of rotatable bonds is 7. The molecule has 118 valence electrons. The Morgan fingerprint density at radius 3 is 2.48 bits per heavy atom. The van der Waals surface area contributed by atoms with E-state index in [1.54, 1.807) is 0 Å². The molecule has 2 heteroatoms. The summed E-state index contributed by atoms with van der Waals surface area (Å²) in [4.78, 5) is 2.71. The molecule has 1 saturated heterocycles. The van der Waals surface area contributed by atoms with Crippen LogP contribution in [0.5, 0.6) is 0 Å². The van der Waals surface area contributed by atoms with Gasteiger partial charge in [0.05, 0.1) is 6.04 Å². The average Bonchev–Trinajstić information content (AvgIpc) is 3.07. The quantitative estimate of drug-likeness (QED) is 0.810. The third-order valence-electron chi connectivity index (χ3n) is 5.27. The molecule has 0 saturated carbocycles. The van der Waals surface area contributed by atoms with Gasteiger partial charge in [0.2, 0.25) is 0 Å². The summed E-state index contributed by atoms with van der Waals surface area (Å²) in [5.74, 6) is 0. The zero-order valence-electron chi connectivity index (χ0n) is 14.3. The van der Waals surface area contributed by atoms with Crippen LogP contribution in [-0.2, 0) is 6.42 Å². The van der Waals surface area contributed by atoms with Crippen LogP contribution in [0.2, 0.25) is 0 Å². The summed E-state index contributed by atoms with van der Waals surface area (Å²) < 4.78 is 0. The molecule has 1 fully saturated rings. The topological polar surface area (TPSA) is 15.3 Å². The van der Waals surface area contributed by atoms with Gasteiger partial charge in [-0.2, -0.15) is 0 Å². The van der Waals surface area contributed by atoms with E-state index in [0.29, 0.717) is 6.04 Å². The number of hydrogen-bond acceptors (Lipinski definition) is 2. The minimum Gasteiger partial charge on any atom is -0.309 e. The maximum atomic E-state index is 3.78. The Hall–Kier alpha value is -0.860. The van der Waals surface area contributed by atoms with E-state index in [9.17, 15) is 0 Å². The monoisotopic (exact) mass is 288 g/mol. The largest absolute Gasteiger partial charge is 0.309 e. The van der Waals surface area contributed by atoms with Gasteiger partial charge < -0.3 is 5.32 Å². The molecule has 2 nitrogen and oxygen atoms in total. The van der Waals surface area contributed by atoms with E-state index in [1.165, 1.54) is 43.5 Å². The molecule has 1 aliphatic rings. The molecule has 0 radical (unpaired) electrons. The first-order valence-corrected chi connectivity index (χ1v) is 8.73. The van der Waals surface area contributed by atoms with Crippen molar-refractivity contribution in [2.45, 2.75) is 65.0 Å². The normalized spacial score (nSPS) is 20.4. The van der Waals surface area contributed by atoms with Gasteiger partial charge in [0.1, 0.15) is 0 Å². The average molecular weight is 288 g/mol. The molecule has 0 bridgehead atoms. The van der Waals surface area contributed by atoms with Crippen molar-refractivity contribution in [3.8, 4) is 0 Å². The highest BCUT2D eigenvalue weighted by Crippen LogP contribution is 2.36. The minimum atomic E-state index is 0.207. The van der Waals surface area contributed by atoms with Crippen LogP contribution >= 0.6 is 0 Å². The van der Waals surface area contributed by atoms with Gasteiger partial charge in [-0.05, 0) is 63.4 Å². The SMILES string of the molecule is CCNC(c1cccc(CC)c1)C(C)(CC)N1CCCC1. The minimum absolute atomic E-state index is 0.207. The predicted molar refractivity (Wildman–Crippen MR) is 91.7 cm³/mol. The first-order chi connectivity index (χ1) is 10.2. The number of benzene rings is 1. The summed E-state index contributed by atoms with van der Waals surface area (Å²) in [5.41, 5.74) is 3.10. The standard InChI is InChI=1S/C19H32N2/c1-5-16-11-10-12-17(15-16)18(20-7-3)19(4,6-2)21-13-8-9-14-21/h10-12,15,18,20H,5-9,13-14H2,1-4H3. The molecule has 0 aliphatic carbocycles. The van der Waals surface area contributed by atoms with Gasteiger partial charge in [-0.25, -0.2) is 0 Å². The van der Waals surface area contributed by atoms with Gasteiger partial charge in [-0.1, -0.05) is 45.0 Å². The van der Waals surface area contributed by atoms with E-state index in [1.807, 2.05) is 0 Å². The molecule has 2 atom stereocenters. The fourth-order valence-corrected chi connectivity index (χ4v) is 3.73. The number of hydrogen-bond donors (Lipinski definition) is 1. The van der Waals surface area contributed by atoms with Crippen molar-refractivity contribution in [1.82, 2.24) is 10.2 Å². The lowest BCUT2D eigenvalue weighted by atomic mass is 9.82. The zero-order chi connectivity index (χ0) is 15.3. The Balaban J connectivity index is 2.34. The first kappa shape index (κ1) is 16.5. The zero-order valence-corrected chi connectivity index (χ0v) is 14.3. The smallest absolute Gasteiger partial charge is 0.0504 e. The van der Waals surface area contributed by atoms with Crippen molar-refractivity contribution in [3.63, 3.8) is 0 Å². The van der Waals surface area contributed by atoms with Crippen molar-refractivity contribution < 1.29 is 0 Å². The third-order valence-corrected chi connectivity index (χ3v) is 5.27. The van der Waals surface area contributed by atoms with Crippen molar-refractivity contribution in [2.24, 2.45) is 0 Å². The maximum Gasteiger partial charge on any atom is 0.0504 e. The van der Waals surface area contributed by atoms with Crippen LogP contribution < -0.4 is 5.32 Å². The summed E-state index contributed by atoms with van der Waals surface area (Å²) in [5, 5.41) is 3.78. The molecule has 2 unspecified atom stereocenters. The van der Waals surface area contributed by atoms with E-state index in [-0.39, 0.29) is 5.54 Å². The van der Waals surface area contributed by atoms with Crippen LogP contribution in [0, 0.1) is 0 Å². The summed E-state index contributed by atoms with van der Waals surface area (Å²) in [6, 6.07) is 9.58. The molecule has 0 spiro atoms. The van der Waals surface area contributed by atoms with Gasteiger partial charge in [-0.3, -0.25) is 4.90 Å². The van der Waals surface area contributed by atoms with Gasteiger partial charge in [0, 0.05) is 5.54 Å². The second-order valence-corrected chi connectivity index (χ2v) is 6.49. The summed E-state index contributed by atoms with van der Waals surface area (Å²) >= 11 is 0. The van der Waals surface area contributed by atoms with Gasteiger partial charge in [0.15, 0.2) is 0 Å². The van der Waals surface area contributed by atoms with Crippen molar-refractivity contribution in [2.75, 3.05) is 19.6 Å². The van der Waals surface area contributed by atoms with Crippen LogP contribution in [0.3, 0.4) is 0 Å². The Labute approximate surface area is 130 Å². The molecular formula is C19H32N2. The maximum absolute atomic E-state index is 3.78. The second kappa shape index (κ2) is 7.42. The van der Waals surface area contributed by atoms with E-state index in [2.05, 4.69) is 62.2 Å². The number of aryl methyl sites for hydroxylation is 1. The molecule has 2 rings (SSSR count). The molecule has 1 N–H and O–H groups in total. The number of nitrogens with one attached hydrogen (secondary N) is 1. The van der Waals surface area contributed by atoms with Crippen molar-refractivity contribution >= 4 is 0 Å². The Morgan fingerprint density at radius 2 is 1.90 bits per heavy atom. The molecule has 0 amide bonds. The Bertz CT molecular complexity index is 437. The summed E-state index contributed by atoms with van der Waals surface area (Å²) in [7, 11) is 0. The van der Waals surface area contributed by atoms with Crippen molar-refractivity contribution in [3.05, 3.63) is 35.4 Å². The van der Waals surface area contributed by atoms with Crippen LogP contribution in [0.4, 0.5) is 0 Å². The molecule has 1 aromatic rings. The van der Waals surface area contributed by atoms with Gasteiger partial charge in [-0.15, -0.1) is 0 Å². The van der Waals surface area contributed by atoms with E-state index in [4.69, 9.17) is 0 Å². The number of nitrogens with zero attached hydrogens (tertiary/aromatic N) is 1. The fraction of sp³-hybridized carbons (Fsp3) is 0.684. The van der Waals surface area contributed by atoms with E-state index in [0.717, 1.165) is 13.0 Å². The Morgan fingerprint density at radius 1 is 1.19 bits per heavy atom. The number of likely N-dealkylation sites (N-methyl/N-ethyl adjacent to an activating group) is 1. The van der Waals surface area contributed by atoms with Gasteiger partial charge >= 0.3 is 0 Å². The highest BCUT2D eigenvalue weighted by atomic mass is 15.2. The lowest BCUT2D eigenvalue weighted by Gasteiger charge is -2.45. The van der Waals surface area contributed by atoms with Crippen LogP contribution in [0.1, 0.15) is 64.1 Å². The highest BCUT2D eigenvalue weighted by Gasteiger charge is 2.39. The fourth-order valence-electron chi connectivity index (χ4n) is 3.73. The van der Waals surface area contributed by atoms with Gasteiger partial charge in [0.25, 0.3) is 0 Å². The second-order valence-electron chi connectivity index (χ2n) is 6.49. The number of likely N-dealkylation sites (tertiary alicyclic amines) is 1. The molecule has 1 aliphatic heterocycles. The predicted octanol–water partition coefficient (Wildman–Crippen LogP) is 4.16. The van der Waals surface area contributed by atoms with E-state index >= 15 is 0 Å². The Kier molecular flexibility index (Phi) is 5.83. The summed E-state index contributed by atoms with van der Waals surface area (Å²) in [6.45, 7) is 12.8. The molecule has 1 aromatic carbocycles. The van der Waals surface area contributed by atoms with Crippen LogP contribution in [0.15, 0.2) is 24.3 Å². The van der Waals surface area contributed by atoms with E-state index < -0.39 is 0 Å². The molecule has 1 heterocycles. The lowest BCUT2D eigenvalue weighted by molar-refractivity contribution is 0.0846. The molecule has 0 aromatic heterocycles. The van der Waals surface area contributed by atoms with Crippen LogP contribution in [-0.4, -0.2) is 30.1 Å². The summed E-state index contributed by atoms with van der Waals surface area (Å²) in [6.07, 6.45) is 4.99.